The van der Waals surface area contributed by atoms with Crippen LogP contribution in [0.5, 0.6) is 0 Å². The first-order valence-electron chi connectivity index (χ1n) is 8.77. The maximum absolute atomic E-state index is 12.0. The van der Waals surface area contributed by atoms with Crippen molar-refractivity contribution in [2.75, 3.05) is 17.2 Å². The largest absolute Gasteiger partial charge is 0.384 e. The lowest BCUT2D eigenvalue weighted by Gasteiger charge is -2.12. The molecular formula is C20H27N3O. The van der Waals surface area contributed by atoms with E-state index in [-0.39, 0.29) is 11.8 Å². The Balaban J connectivity index is 1.74. The van der Waals surface area contributed by atoms with E-state index in [1.165, 1.54) is 5.56 Å². The first-order chi connectivity index (χ1) is 11.7. The Hall–Kier alpha value is -2.36. The van der Waals surface area contributed by atoms with Crippen LogP contribution in [0.25, 0.3) is 0 Å². The van der Waals surface area contributed by atoms with Gasteiger partial charge in [0.2, 0.25) is 5.91 Å². The molecule has 0 radical (unpaired) electrons. The van der Waals surface area contributed by atoms with Gasteiger partial charge >= 0.3 is 0 Å². The quantitative estimate of drug-likeness (QED) is 0.667. The van der Waals surface area contributed by atoms with E-state index in [0.29, 0.717) is 5.82 Å². The number of amides is 1. The van der Waals surface area contributed by atoms with Crippen molar-refractivity contribution < 1.29 is 4.79 Å². The zero-order valence-corrected chi connectivity index (χ0v) is 14.6. The monoisotopic (exact) mass is 325 g/mol. The molecule has 0 saturated heterocycles. The fourth-order valence-corrected chi connectivity index (χ4v) is 2.63. The number of hydrogen-bond donors (Lipinski definition) is 2. The van der Waals surface area contributed by atoms with Gasteiger partial charge in [0.25, 0.3) is 0 Å². The topological polar surface area (TPSA) is 54.0 Å². The molecular weight excluding hydrogens is 298 g/mol. The zero-order valence-electron chi connectivity index (χ0n) is 14.6. The lowest BCUT2D eigenvalue weighted by molar-refractivity contribution is -0.120. The summed E-state index contributed by atoms with van der Waals surface area (Å²) in [7, 11) is 0. The Morgan fingerprint density at radius 1 is 1.08 bits per heavy atom. The molecule has 0 bridgehead atoms. The molecule has 2 N–H and O–H groups in total. The molecule has 24 heavy (non-hydrogen) atoms. The minimum absolute atomic E-state index is 0.0519. The van der Waals surface area contributed by atoms with Gasteiger partial charge in [0.05, 0.1) is 11.9 Å². The maximum Gasteiger partial charge on any atom is 0.228 e. The molecule has 1 aromatic carbocycles. The first kappa shape index (κ1) is 18.0. The highest BCUT2D eigenvalue weighted by atomic mass is 16.1. The van der Waals surface area contributed by atoms with Crippen LogP contribution in [0, 0.1) is 5.92 Å². The molecule has 0 atom stereocenters. The second kappa shape index (κ2) is 9.71. The molecule has 1 heterocycles. The van der Waals surface area contributed by atoms with Gasteiger partial charge in [-0.15, -0.1) is 0 Å². The standard InChI is InChI=1S/C20H27N3O/c1-3-17(4-2)20(24)23-19-13-12-18(15-22-19)21-14-8-11-16-9-6-5-7-10-16/h5-7,9-10,12-13,15,17,21H,3-4,8,11,14H2,1-2H3,(H,22,23,24). The summed E-state index contributed by atoms with van der Waals surface area (Å²) in [5.41, 5.74) is 2.33. The van der Waals surface area contributed by atoms with Gasteiger partial charge in [0.15, 0.2) is 0 Å². The predicted octanol–water partition coefficient (Wildman–Crippen LogP) is 4.50. The van der Waals surface area contributed by atoms with Gasteiger partial charge in [-0.3, -0.25) is 4.79 Å². The molecule has 4 heteroatoms. The van der Waals surface area contributed by atoms with E-state index < -0.39 is 0 Å². The number of rotatable bonds is 9. The molecule has 0 aliphatic heterocycles. The summed E-state index contributed by atoms with van der Waals surface area (Å²) >= 11 is 0. The van der Waals surface area contributed by atoms with Crippen molar-refractivity contribution in [3.63, 3.8) is 0 Å². The molecule has 0 fully saturated rings. The molecule has 2 rings (SSSR count). The van der Waals surface area contributed by atoms with Crippen LogP contribution in [0.15, 0.2) is 48.7 Å². The average molecular weight is 325 g/mol. The van der Waals surface area contributed by atoms with E-state index in [4.69, 9.17) is 0 Å². The number of aromatic nitrogens is 1. The van der Waals surface area contributed by atoms with Crippen molar-refractivity contribution in [1.82, 2.24) is 4.98 Å². The number of carbonyl (C=O) groups is 1. The van der Waals surface area contributed by atoms with Gasteiger partial charge < -0.3 is 10.6 Å². The third-order valence-corrected chi connectivity index (χ3v) is 4.19. The second-order valence-corrected chi connectivity index (χ2v) is 5.95. The van der Waals surface area contributed by atoms with Crippen molar-refractivity contribution in [1.29, 1.82) is 0 Å². The Morgan fingerprint density at radius 3 is 2.46 bits per heavy atom. The van der Waals surface area contributed by atoms with E-state index in [9.17, 15) is 4.79 Å². The summed E-state index contributed by atoms with van der Waals surface area (Å²) in [4.78, 5) is 16.4. The maximum atomic E-state index is 12.0. The number of aryl methyl sites for hydroxylation is 1. The lowest BCUT2D eigenvalue weighted by atomic mass is 10.0. The molecule has 1 aromatic heterocycles. The second-order valence-electron chi connectivity index (χ2n) is 5.95. The fraction of sp³-hybridized carbons (Fsp3) is 0.400. The lowest BCUT2D eigenvalue weighted by Crippen LogP contribution is -2.22. The smallest absolute Gasteiger partial charge is 0.228 e. The first-order valence-corrected chi connectivity index (χ1v) is 8.77. The minimum atomic E-state index is 0.0519. The van der Waals surface area contributed by atoms with Crippen molar-refractivity contribution in [3.8, 4) is 0 Å². The van der Waals surface area contributed by atoms with E-state index in [1.807, 2.05) is 32.0 Å². The van der Waals surface area contributed by atoms with Crippen LogP contribution >= 0.6 is 0 Å². The summed E-state index contributed by atoms with van der Waals surface area (Å²) in [5.74, 6) is 0.723. The number of benzene rings is 1. The van der Waals surface area contributed by atoms with Crippen molar-refractivity contribution in [2.45, 2.75) is 39.5 Å². The number of nitrogens with one attached hydrogen (secondary N) is 2. The van der Waals surface area contributed by atoms with Crippen molar-refractivity contribution in [2.24, 2.45) is 5.92 Å². The Labute approximate surface area is 144 Å². The van der Waals surface area contributed by atoms with E-state index >= 15 is 0 Å². The van der Waals surface area contributed by atoms with E-state index in [1.54, 1.807) is 6.20 Å². The van der Waals surface area contributed by atoms with Gasteiger partial charge in [-0.25, -0.2) is 4.98 Å². The molecule has 4 nitrogen and oxygen atoms in total. The fourth-order valence-electron chi connectivity index (χ4n) is 2.63. The van der Waals surface area contributed by atoms with Gasteiger partial charge in [-0.1, -0.05) is 44.2 Å². The van der Waals surface area contributed by atoms with Crippen LogP contribution in [0.2, 0.25) is 0 Å². The minimum Gasteiger partial charge on any atom is -0.384 e. The summed E-state index contributed by atoms with van der Waals surface area (Å²) in [6.07, 6.45) is 5.60. The predicted molar refractivity (Wildman–Crippen MR) is 100 cm³/mol. The summed E-state index contributed by atoms with van der Waals surface area (Å²) in [6.45, 7) is 4.96. The Bertz CT molecular complexity index is 607. The summed E-state index contributed by atoms with van der Waals surface area (Å²) < 4.78 is 0. The SMILES string of the molecule is CCC(CC)C(=O)Nc1ccc(NCCCc2ccccc2)cn1. The molecule has 2 aromatic rings. The van der Waals surface area contributed by atoms with Crippen molar-refractivity contribution in [3.05, 3.63) is 54.2 Å². The van der Waals surface area contributed by atoms with Gasteiger partial charge in [0, 0.05) is 12.5 Å². The highest BCUT2D eigenvalue weighted by Gasteiger charge is 2.14. The van der Waals surface area contributed by atoms with E-state index in [2.05, 4.69) is 39.9 Å². The third-order valence-electron chi connectivity index (χ3n) is 4.19. The van der Waals surface area contributed by atoms with Gasteiger partial charge in [0.1, 0.15) is 5.82 Å². The van der Waals surface area contributed by atoms with Crippen LogP contribution in [0.4, 0.5) is 11.5 Å². The van der Waals surface area contributed by atoms with Crippen molar-refractivity contribution >= 4 is 17.4 Å². The number of pyridine rings is 1. The van der Waals surface area contributed by atoms with Crippen LogP contribution in [0.1, 0.15) is 38.7 Å². The average Bonchev–Trinajstić information content (AvgIpc) is 2.62. The van der Waals surface area contributed by atoms with Crippen LogP contribution in [0.3, 0.4) is 0 Å². The summed E-state index contributed by atoms with van der Waals surface area (Å²) in [6, 6.07) is 14.3. The highest BCUT2D eigenvalue weighted by Crippen LogP contribution is 2.14. The Kier molecular flexibility index (Phi) is 7.27. The van der Waals surface area contributed by atoms with E-state index in [0.717, 1.165) is 37.9 Å². The molecule has 0 aliphatic carbocycles. The summed E-state index contributed by atoms with van der Waals surface area (Å²) in [5, 5.41) is 6.25. The van der Waals surface area contributed by atoms with Crippen LogP contribution < -0.4 is 10.6 Å². The number of anilines is 2. The van der Waals surface area contributed by atoms with Crippen LogP contribution in [-0.2, 0) is 11.2 Å². The molecule has 0 spiro atoms. The molecule has 1 amide bonds. The molecule has 0 aliphatic rings. The molecule has 128 valence electrons. The third kappa shape index (κ3) is 5.69. The zero-order chi connectivity index (χ0) is 17.2. The van der Waals surface area contributed by atoms with Crippen LogP contribution in [-0.4, -0.2) is 17.4 Å². The molecule has 0 saturated carbocycles. The van der Waals surface area contributed by atoms with Gasteiger partial charge in [-0.05, 0) is 43.4 Å². The number of nitrogens with zero attached hydrogens (tertiary/aromatic N) is 1. The normalized spacial score (nSPS) is 10.6. The number of hydrogen-bond acceptors (Lipinski definition) is 3. The Morgan fingerprint density at radius 2 is 1.83 bits per heavy atom. The molecule has 0 unspecified atom stereocenters. The van der Waals surface area contributed by atoms with Gasteiger partial charge in [-0.2, -0.15) is 0 Å². The number of carbonyl (C=O) groups excluding carboxylic acids is 1. The highest BCUT2D eigenvalue weighted by molar-refractivity contribution is 5.91.